The van der Waals surface area contributed by atoms with E-state index in [0.29, 0.717) is 36.8 Å². The lowest BCUT2D eigenvalue weighted by Crippen LogP contribution is -2.29. The van der Waals surface area contributed by atoms with Crippen LogP contribution in [-0.2, 0) is 14.8 Å². The van der Waals surface area contributed by atoms with E-state index in [1.165, 1.54) is 4.31 Å². The van der Waals surface area contributed by atoms with Crippen LogP contribution >= 0.6 is 0 Å². The van der Waals surface area contributed by atoms with Gasteiger partial charge in [0.15, 0.2) is 0 Å². The van der Waals surface area contributed by atoms with Gasteiger partial charge < -0.3 is 15.4 Å². The molecule has 2 N–H and O–H groups in total. The third-order valence-electron chi connectivity index (χ3n) is 5.69. The molecule has 0 bridgehead atoms. The van der Waals surface area contributed by atoms with Gasteiger partial charge in [0.1, 0.15) is 11.8 Å². The van der Waals surface area contributed by atoms with Gasteiger partial charge in [0.2, 0.25) is 10.0 Å². The Balaban J connectivity index is 1.61. The molecule has 1 heterocycles. The van der Waals surface area contributed by atoms with Crippen LogP contribution in [0.2, 0.25) is 0 Å². The highest BCUT2D eigenvalue weighted by atomic mass is 32.2. The quantitative estimate of drug-likeness (QED) is 0.466. The number of nitrogens with one attached hydrogen (secondary N) is 2. The first-order valence-corrected chi connectivity index (χ1v) is 12.9. The summed E-state index contributed by atoms with van der Waals surface area (Å²) in [5, 5.41) is 6.18. The van der Waals surface area contributed by atoms with Crippen LogP contribution in [0.15, 0.2) is 83.8 Å². The van der Waals surface area contributed by atoms with Crippen molar-refractivity contribution < 1.29 is 17.9 Å². The van der Waals surface area contributed by atoms with Crippen molar-refractivity contribution in [2.45, 2.75) is 30.7 Å². The second-order valence-electron chi connectivity index (χ2n) is 8.05. The molecule has 3 aromatic rings. The number of benzene rings is 3. The highest BCUT2D eigenvalue weighted by Crippen LogP contribution is 2.28. The number of anilines is 2. The minimum absolute atomic E-state index is 0.216. The zero-order chi connectivity index (χ0) is 24.0. The summed E-state index contributed by atoms with van der Waals surface area (Å²) in [6.07, 6.45) is 1.74. The molecule has 0 saturated carbocycles. The van der Waals surface area contributed by atoms with Crippen molar-refractivity contribution in [1.29, 1.82) is 0 Å². The number of hydrogen-bond donors (Lipinski definition) is 2. The standard InChI is InChI=1S/C26H29N3O4S/c1-2-33-24-16-7-6-15-23(24)28-26(30)25(20-11-4-3-5-12-20)27-21-13-10-14-22(19-21)34(31,32)29-17-8-9-18-29/h3-7,10-16,19,25,27H,2,8-9,17-18H2,1H3,(H,28,30). The van der Waals surface area contributed by atoms with E-state index in [0.717, 1.165) is 18.4 Å². The molecule has 3 aromatic carbocycles. The van der Waals surface area contributed by atoms with Crippen molar-refractivity contribution in [3.63, 3.8) is 0 Å². The fraction of sp³-hybridized carbons (Fsp3) is 0.269. The number of amides is 1. The molecule has 0 radical (unpaired) electrons. The second-order valence-corrected chi connectivity index (χ2v) is 9.98. The van der Waals surface area contributed by atoms with Gasteiger partial charge in [-0.05, 0) is 55.7 Å². The molecule has 4 rings (SSSR count). The predicted octanol–water partition coefficient (Wildman–Crippen LogP) is 4.66. The Morgan fingerprint density at radius 1 is 0.971 bits per heavy atom. The monoisotopic (exact) mass is 479 g/mol. The van der Waals surface area contributed by atoms with Gasteiger partial charge in [-0.1, -0.05) is 48.5 Å². The zero-order valence-electron chi connectivity index (χ0n) is 19.1. The summed E-state index contributed by atoms with van der Waals surface area (Å²) in [6, 6.07) is 22.5. The summed E-state index contributed by atoms with van der Waals surface area (Å²) in [5.74, 6) is 0.301. The van der Waals surface area contributed by atoms with E-state index in [-0.39, 0.29) is 10.8 Å². The van der Waals surface area contributed by atoms with Gasteiger partial charge in [-0.15, -0.1) is 0 Å². The van der Waals surface area contributed by atoms with Crippen LogP contribution in [0.3, 0.4) is 0 Å². The number of sulfonamides is 1. The molecule has 8 heteroatoms. The lowest BCUT2D eigenvalue weighted by atomic mass is 10.1. The third-order valence-corrected chi connectivity index (χ3v) is 7.58. The molecule has 1 fully saturated rings. The van der Waals surface area contributed by atoms with E-state index < -0.39 is 16.1 Å². The summed E-state index contributed by atoms with van der Waals surface area (Å²) in [5.41, 5.74) is 1.87. The predicted molar refractivity (Wildman–Crippen MR) is 133 cm³/mol. The largest absolute Gasteiger partial charge is 0.492 e. The minimum Gasteiger partial charge on any atom is -0.492 e. The number of nitrogens with zero attached hydrogens (tertiary/aromatic N) is 1. The molecule has 34 heavy (non-hydrogen) atoms. The number of ether oxygens (including phenoxy) is 1. The molecule has 1 aliphatic rings. The zero-order valence-corrected chi connectivity index (χ0v) is 19.9. The number of carbonyl (C=O) groups excluding carboxylic acids is 1. The van der Waals surface area contributed by atoms with Crippen LogP contribution < -0.4 is 15.4 Å². The SMILES string of the molecule is CCOc1ccccc1NC(=O)C(Nc1cccc(S(=O)(=O)N2CCCC2)c1)c1ccccc1. The first-order valence-electron chi connectivity index (χ1n) is 11.4. The van der Waals surface area contributed by atoms with Crippen molar-refractivity contribution >= 4 is 27.3 Å². The highest BCUT2D eigenvalue weighted by molar-refractivity contribution is 7.89. The van der Waals surface area contributed by atoms with Gasteiger partial charge >= 0.3 is 0 Å². The van der Waals surface area contributed by atoms with Crippen LogP contribution in [-0.4, -0.2) is 38.3 Å². The van der Waals surface area contributed by atoms with E-state index in [1.54, 1.807) is 36.4 Å². The van der Waals surface area contributed by atoms with Crippen LogP contribution in [0.4, 0.5) is 11.4 Å². The molecular formula is C26H29N3O4S. The smallest absolute Gasteiger partial charge is 0.251 e. The first-order chi connectivity index (χ1) is 16.5. The van der Waals surface area contributed by atoms with Gasteiger partial charge in [0.25, 0.3) is 5.91 Å². The Kier molecular flexibility index (Phi) is 7.49. The van der Waals surface area contributed by atoms with Gasteiger partial charge in [-0.2, -0.15) is 4.31 Å². The van der Waals surface area contributed by atoms with Crippen LogP contribution in [0.1, 0.15) is 31.4 Å². The average Bonchev–Trinajstić information content (AvgIpc) is 3.41. The molecule has 1 aliphatic heterocycles. The number of para-hydroxylation sites is 2. The maximum absolute atomic E-state index is 13.4. The van der Waals surface area contributed by atoms with Crippen molar-refractivity contribution in [1.82, 2.24) is 4.31 Å². The molecule has 0 spiro atoms. The Hall–Kier alpha value is -3.36. The van der Waals surface area contributed by atoms with Crippen molar-refractivity contribution in [2.75, 3.05) is 30.3 Å². The minimum atomic E-state index is -3.57. The lowest BCUT2D eigenvalue weighted by molar-refractivity contribution is -0.117. The molecule has 1 atom stereocenters. The maximum atomic E-state index is 13.4. The van der Waals surface area contributed by atoms with E-state index in [4.69, 9.17) is 4.74 Å². The number of hydrogen-bond acceptors (Lipinski definition) is 5. The van der Waals surface area contributed by atoms with Crippen LogP contribution in [0, 0.1) is 0 Å². The second kappa shape index (κ2) is 10.7. The van der Waals surface area contributed by atoms with E-state index in [9.17, 15) is 13.2 Å². The average molecular weight is 480 g/mol. The fourth-order valence-corrected chi connectivity index (χ4v) is 5.56. The van der Waals surface area contributed by atoms with Crippen molar-refractivity contribution in [3.8, 4) is 5.75 Å². The number of rotatable bonds is 9. The number of carbonyl (C=O) groups is 1. The van der Waals surface area contributed by atoms with E-state index in [2.05, 4.69) is 10.6 Å². The summed E-state index contributed by atoms with van der Waals surface area (Å²) in [6.45, 7) is 3.43. The Morgan fingerprint density at radius 3 is 2.41 bits per heavy atom. The van der Waals surface area contributed by atoms with Crippen LogP contribution in [0.25, 0.3) is 0 Å². The van der Waals surface area contributed by atoms with Gasteiger partial charge in [0, 0.05) is 18.8 Å². The third kappa shape index (κ3) is 5.40. The molecule has 1 amide bonds. The summed E-state index contributed by atoms with van der Waals surface area (Å²) in [7, 11) is -3.57. The van der Waals surface area contributed by atoms with E-state index >= 15 is 0 Å². The van der Waals surface area contributed by atoms with Crippen LogP contribution in [0.5, 0.6) is 5.75 Å². The summed E-state index contributed by atoms with van der Waals surface area (Å²) < 4.78 is 33.2. The molecule has 178 valence electrons. The van der Waals surface area contributed by atoms with Crippen molar-refractivity contribution in [2.24, 2.45) is 0 Å². The Morgan fingerprint density at radius 2 is 1.68 bits per heavy atom. The molecule has 0 aliphatic carbocycles. The van der Waals surface area contributed by atoms with Gasteiger partial charge in [0.05, 0.1) is 17.2 Å². The first kappa shape index (κ1) is 23.8. The Labute approximate surface area is 200 Å². The van der Waals surface area contributed by atoms with Gasteiger partial charge in [-0.3, -0.25) is 4.79 Å². The summed E-state index contributed by atoms with van der Waals surface area (Å²) in [4.78, 5) is 13.6. The molecule has 0 aromatic heterocycles. The molecular weight excluding hydrogens is 450 g/mol. The lowest BCUT2D eigenvalue weighted by Gasteiger charge is -2.22. The highest BCUT2D eigenvalue weighted by Gasteiger charge is 2.28. The molecule has 1 saturated heterocycles. The van der Waals surface area contributed by atoms with Gasteiger partial charge in [-0.25, -0.2) is 8.42 Å². The Bertz CT molecular complexity index is 1230. The van der Waals surface area contributed by atoms with E-state index in [1.807, 2.05) is 49.4 Å². The molecule has 7 nitrogen and oxygen atoms in total. The summed E-state index contributed by atoms with van der Waals surface area (Å²) >= 11 is 0. The normalized spacial score (nSPS) is 15.0. The van der Waals surface area contributed by atoms with Crippen molar-refractivity contribution in [3.05, 3.63) is 84.4 Å². The maximum Gasteiger partial charge on any atom is 0.251 e. The fourth-order valence-electron chi connectivity index (χ4n) is 3.99. The molecule has 1 unspecified atom stereocenters. The topological polar surface area (TPSA) is 87.7 Å².